The molecule has 170 valence electrons. The molecule has 2 amide bonds. The van der Waals surface area contributed by atoms with Crippen molar-refractivity contribution in [3.63, 3.8) is 0 Å². The van der Waals surface area contributed by atoms with Crippen molar-refractivity contribution in [2.24, 2.45) is 0 Å². The average molecular weight is 484 g/mol. The van der Waals surface area contributed by atoms with Crippen LogP contribution in [0.3, 0.4) is 0 Å². The fourth-order valence-corrected chi connectivity index (χ4v) is 4.78. The number of benzene rings is 3. The molecular formula is C24H22ClN3O4S. The molecule has 1 aliphatic rings. The topological polar surface area (TPSA) is 86.8 Å². The van der Waals surface area contributed by atoms with Gasteiger partial charge in [0.2, 0.25) is 10.0 Å². The van der Waals surface area contributed by atoms with Crippen molar-refractivity contribution in [2.75, 3.05) is 30.9 Å². The van der Waals surface area contributed by atoms with Crippen LogP contribution in [-0.2, 0) is 16.4 Å². The number of sulfonamides is 1. The summed E-state index contributed by atoms with van der Waals surface area (Å²) in [5.74, 6) is -0.661. The summed E-state index contributed by atoms with van der Waals surface area (Å²) in [7, 11) is -0.895. The maximum Gasteiger partial charge on any atom is 0.258 e. The molecule has 0 saturated heterocycles. The van der Waals surface area contributed by atoms with Crippen molar-refractivity contribution in [1.29, 1.82) is 0 Å². The monoisotopic (exact) mass is 483 g/mol. The van der Waals surface area contributed by atoms with Gasteiger partial charge in [0.1, 0.15) is 0 Å². The number of nitrogens with one attached hydrogen (secondary N) is 1. The predicted molar refractivity (Wildman–Crippen MR) is 129 cm³/mol. The lowest BCUT2D eigenvalue weighted by atomic mass is 10.1. The second kappa shape index (κ2) is 8.97. The summed E-state index contributed by atoms with van der Waals surface area (Å²) >= 11 is 6.15. The second-order valence-corrected chi connectivity index (χ2v) is 10.4. The number of fused-ring (bicyclic) bond motifs is 1. The number of nitrogens with zero attached hydrogens (tertiary/aromatic N) is 2. The number of amides is 2. The summed E-state index contributed by atoms with van der Waals surface area (Å²) in [6.45, 7) is 0.626. The second-order valence-electron chi connectivity index (χ2n) is 7.80. The first-order valence-corrected chi connectivity index (χ1v) is 12.0. The minimum Gasteiger partial charge on any atom is -0.322 e. The van der Waals surface area contributed by atoms with Gasteiger partial charge in [-0.25, -0.2) is 12.7 Å². The highest BCUT2D eigenvalue weighted by Gasteiger charge is 2.25. The molecule has 1 aliphatic heterocycles. The van der Waals surface area contributed by atoms with E-state index >= 15 is 0 Å². The van der Waals surface area contributed by atoms with Crippen LogP contribution in [0.1, 0.15) is 26.3 Å². The zero-order valence-electron chi connectivity index (χ0n) is 18.1. The van der Waals surface area contributed by atoms with E-state index < -0.39 is 15.9 Å². The highest BCUT2D eigenvalue weighted by Crippen LogP contribution is 2.29. The highest BCUT2D eigenvalue weighted by molar-refractivity contribution is 7.89. The lowest BCUT2D eigenvalue weighted by molar-refractivity contribution is 0.0988. The van der Waals surface area contributed by atoms with Gasteiger partial charge < -0.3 is 10.2 Å². The largest absolute Gasteiger partial charge is 0.322 e. The van der Waals surface area contributed by atoms with Gasteiger partial charge in [-0.3, -0.25) is 9.59 Å². The van der Waals surface area contributed by atoms with Crippen LogP contribution < -0.4 is 10.2 Å². The summed E-state index contributed by atoms with van der Waals surface area (Å²) in [5, 5.41) is 2.83. The molecule has 0 radical (unpaired) electrons. The van der Waals surface area contributed by atoms with E-state index in [1.807, 2.05) is 24.3 Å². The summed E-state index contributed by atoms with van der Waals surface area (Å²) < 4.78 is 25.8. The standard InChI is InChI=1S/C24H22ClN3O4S/c1-27(2)33(31,32)19-11-12-21(25)20(15-19)23(29)26-18-9-7-17(8-10-18)24(30)28-14-13-16-5-3-4-6-22(16)28/h3-12,15H,13-14H2,1-2H3,(H,26,29). The molecule has 0 unspecified atom stereocenters. The third kappa shape index (κ3) is 4.50. The van der Waals surface area contributed by atoms with Gasteiger partial charge in [0.25, 0.3) is 11.8 Å². The average Bonchev–Trinajstić information content (AvgIpc) is 3.23. The molecule has 0 aliphatic carbocycles. The number of halogens is 1. The number of para-hydroxylation sites is 1. The fraction of sp³-hybridized carbons (Fsp3) is 0.167. The molecule has 0 fully saturated rings. The van der Waals surface area contributed by atoms with Crippen LogP contribution in [0.4, 0.5) is 11.4 Å². The number of anilines is 2. The Hall–Kier alpha value is -3.20. The van der Waals surface area contributed by atoms with Crippen molar-refractivity contribution < 1.29 is 18.0 Å². The molecule has 1 heterocycles. The molecular weight excluding hydrogens is 462 g/mol. The van der Waals surface area contributed by atoms with Crippen molar-refractivity contribution in [3.8, 4) is 0 Å². The Bertz CT molecular complexity index is 1340. The third-order valence-electron chi connectivity index (χ3n) is 5.48. The Morgan fingerprint density at radius 3 is 2.39 bits per heavy atom. The van der Waals surface area contributed by atoms with E-state index in [0.717, 1.165) is 22.0 Å². The van der Waals surface area contributed by atoms with Crippen LogP contribution >= 0.6 is 11.6 Å². The summed E-state index contributed by atoms with van der Waals surface area (Å²) in [4.78, 5) is 27.4. The van der Waals surface area contributed by atoms with Crippen molar-refractivity contribution in [1.82, 2.24) is 4.31 Å². The van der Waals surface area contributed by atoms with E-state index in [0.29, 0.717) is 17.8 Å². The first-order chi connectivity index (χ1) is 15.7. The Morgan fingerprint density at radius 2 is 1.70 bits per heavy atom. The Morgan fingerprint density at radius 1 is 1.00 bits per heavy atom. The molecule has 0 bridgehead atoms. The van der Waals surface area contributed by atoms with E-state index in [2.05, 4.69) is 5.32 Å². The third-order valence-corrected chi connectivity index (χ3v) is 7.62. The smallest absolute Gasteiger partial charge is 0.258 e. The molecule has 3 aromatic rings. The van der Waals surface area contributed by atoms with E-state index in [9.17, 15) is 18.0 Å². The minimum absolute atomic E-state index is 0.0334. The van der Waals surface area contributed by atoms with Gasteiger partial charge in [-0.2, -0.15) is 0 Å². The van der Waals surface area contributed by atoms with Gasteiger partial charge in [-0.15, -0.1) is 0 Å². The lowest BCUT2D eigenvalue weighted by Crippen LogP contribution is -2.28. The zero-order valence-corrected chi connectivity index (χ0v) is 19.7. The Kier molecular flexibility index (Phi) is 6.25. The predicted octanol–water partition coefficient (Wildman–Crippen LogP) is 4.05. The molecule has 0 spiro atoms. The van der Waals surface area contributed by atoms with Crippen LogP contribution in [-0.4, -0.2) is 45.2 Å². The van der Waals surface area contributed by atoms with Gasteiger partial charge in [0.15, 0.2) is 0 Å². The maximum atomic E-state index is 13.0. The van der Waals surface area contributed by atoms with Crippen molar-refractivity contribution in [2.45, 2.75) is 11.3 Å². The SMILES string of the molecule is CN(C)S(=O)(=O)c1ccc(Cl)c(C(=O)Nc2ccc(C(=O)N3CCc4ccccc43)cc2)c1. The maximum absolute atomic E-state index is 13.0. The minimum atomic E-state index is -3.71. The summed E-state index contributed by atoms with van der Waals surface area (Å²) in [6.07, 6.45) is 0.819. The van der Waals surface area contributed by atoms with Crippen molar-refractivity contribution >= 4 is 44.8 Å². The number of hydrogen-bond donors (Lipinski definition) is 1. The molecule has 0 aromatic heterocycles. The van der Waals surface area contributed by atoms with E-state index in [1.54, 1.807) is 29.2 Å². The molecule has 0 atom stereocenters. The first kappa shape index (κ1) is 23.0. The molecule has 0 saturated carbocycles. The van der Waals surface area contributed by atoms with Crippen LogP contribution in [0.2, 0.25) is 5.02 Å². The Balaban J connectivity index is 1.51. The fourth-order valence-electron chi connectivity index (χ4n) is 3.65. The van der Waals surface area contributed by atoms with Gasteiger partial charge in [-0.1, -0.05) is 29.8 Å². The lowest BCUT2D eigenvalue weighted by Gasteiger charge is -2.17. The normalized spacial score (nSPS) is 13.2. The summed E-state index contributed by atoms with van der Waals surface area (Å²) in [6, 6.07) is 18.3. The number of rotatable bonds is 5. The first-order valence-electron chi connectivity index (χ1n) is 10.2. The van der Waals surface area contributed by atoms with Crippen molar-refractivity contribution in [3.05, 3.63) is 88.4 Å². The zero-order chi connectivity index (χ0) is 23.8. The number of hydrogen-bond acceptors (Lipinski definition) is 4. The van der Waals surface area contributed by atoms with Crippen LogP contribution in [0, 0.1) is 0 Å². The van der Waals surface area contributed by atoms with E-state index in [1.165, 1.54) is 32.3 Å². The molecule has 4 rings (SSSR count). The quantitative estimate of drug-likeness (QED) is 0.593. The molecule has 9 heteroatoms. The van der Waals surface area contributed by atoms with E-state index in [4.69, 9.17) is 11.6 Å². The van der Waals surface area contributed by atoms with Crippen LogP contribution in [0.5, 0.6) is 0 Å². The number of carbonyl (C=O) groups excluding carboxylic acids is 2. The number of carbonyl (C=O) groups is 2. The Labute approximate surface area is 197 Å². The molecule has 7 nitrogen and oxygen atoms in total. The van der Waals surface area contributed by atoms with Gasteiger partial charge in [0, 0.05) is 37.6 Å². The van der Waals surface area contributed by atoms with Gasteiger partial charge >= 0.3 is 0 Å². The van der Waals surface area contributed by atoms with E-state index in [-0.39, 0.29) is 21.4 Å². The summed E-state index contributed by atoms with van der Waals surface area (Å²) in [5.41, 5.74) is 3.05. The highest BCUT2D eigenvalue weighted by atomic mass is 35.5. The van der Waals surface area contributed by atoms with Gasteiger partial charge in [0.05, 0.1) is 15.5 Å². The molecule has 33 heavy (non-hydrogen) atoms. The van der Waals surface area contributed by atoms with Crippen LogP contribution in [0.15, 0.2) is 71.6 Å². The van der Waals surface area contributed by atoms with Crippen LogP contribution in [0.25, 0.3) is 0 Å². The molecule has 3 aromatic carbocycles. The van der Waals surface area contributed by atoms with Gasteiger partial charge in [-0.05, 0) is 60.5 Å². The molecule has 1 N–H and O–H groups in total.